The van der Waals surface area contributed by atoms with Gasteiger partial charge in [-0.15, -0.1) is 0 Å². The highest BCUT2D eigenvalue weighted by Gasteiger charge is 2.31. The largest absolute Gasteiger partial charge is 0.493 e. The van der Waals surface area contributed by atoms with Crippen molar-refractivity contribution in [2.75, 3.05) is 6.61 Å². The van der Waals surface area contributed by atoms with Crippen LogP contribution < -0.4 is 4.74 Å². The highest BCUT2D eigenvalue weighted by atomic mass is 19.4. The summed E-state index contributed by atoms with van der Waals surface area (Å²) in [5, 5.41) is 0. The molecule has 0 heterocycles. The molecule has 1 nitrogen and oxygen atoms in total. The molecular formula is C31H36F6O. The number of allylic oxidation sites excluding steroid dienone is 1. The number of halogens is 6. The third-order valence-electron chi connectivity index (χ3n) is 8.40. The van der Waals surface area contributed by atoms with Crippen LogP contribution in [0, 0.1) is 41.1 Å². The maximum atomic E-state index is 14.8. The lowest BCUT2D eigenvalue weighted by Gasteiger charge is -2.37. The molecule has 4 rings (SSSR count). The first-order valence-electron chi connectivity index (χ1n) is 13.8. The summed E-state index contributed by atoms with van der Waals surface area (Å²) >= 11 is 0. The van der Waals surface area contributed by atoms with Crippen molar-refractivity contribution in [2.45, 2.75) is 77.3 Å². The van der Waals surface area contributed by atoms with Gasteiger partial charge in [-0.2, -0.15) is 13.2 Å². The third kappa shape index (κ3) is 7.57. The van der Waals surface area contributed by atoms with Crippen LogP contribution in [0.4, 0.5) is 26.3 Å². The van der Waals surface area contributed by atoms with Crippen LogP contribution in [0.15, 0.2) is 36.4 Å². The van der Waals surface area contributed by atoms with Gasteiger partial charge in [0.2, 0.25) is 0 Å². The Kier molecular flexibility index (Phi) is 9.48. The zero-order chi connectivity index (χ0) is 27.3. The van der Waals surface area contributed by atoms with Gasteiger partial charge in [0.15, 0.2) is 0 Å². The van der Waals surface area contributed by atoms with E-state index in [1.54, 1.807) is 6.07 Å². The molecule has 2 saturated carbocycles. The molecule has 0 spiro atoms. The van der Waals surface area contributed by atoms with E-state index in [1.165, 1.54) is 63.5 Å². The number of hydrogen-bond donors (Lipinski definition) is 0. The van der Waals surface area contributed by atoms with Crippen molar-refractivity contribution in [2.24, 2.45) is 23.7 Å². The Labute approximate surface area is 221 Å². The number of hydrogen-bond acceptors (Lipinski definition) is 1. The van der Waals surface area contributed by atoms with Crippen molar-refractivity contribution in [3.63, 3.8) is 0 Å². The van der Waals surface area contributed by atoms with E-state index in [1.807, 2.05) is 0 Å². The minimum absolute atomic E-state index is 0.0596. The molecule has 0 atom stereocenters. The van der Waals surface area contributed by atoms with Crippen molar-refractivity contribution >= 4 is 6.08 Å². The van der Waals surface area contributed by atoms with Crippen molar-refractivity contribution in [1.82, 2.24) is 0 Å². The molecule has 2 fully saturated rings. The van der Waals surface area contributed by atoms with Crippen LogP contribution in [-0.4, -0.2) is 12.8 Å². The minimum Gasteiger partial charge on any atom is -0.493 e. The molecule has 2 aliphatic rings. The van der Waals surface area contributed by atoms with Gasteiger partial charge in [-0.25, -0.2) is 13.2 Å². The van der Waals surface area contributed by atoms with E-state index in [-0.39, 0.29) is 17.2 Å². The van der Waals surface area contributed by atoms with Crippen LogP contribution in [0.1, 0.15) is 76.7 Å². The van der Waals surface area contributed by atoms with E-state index in [2.05, 4.69) is 6.92 Å². The van der Waals surface area contributed by atoms with E-state index in [4.69, 9.17) is 4.74 Å². The van der Waals surface area contributed by atoms with Gasteiger partial charge in [0.05, 0.1) is 6.61 Å². The number of ether oxygens (including phenoxy) is 1. The molecule has 0 saturated heterocycles. The Hall–Kier alpha value is -2.44. The molecule has 7 heteroatoms. The first kappa shape index (κ1) is 28.6. The van der Waals surface area contributed by atoms with E-state index >= 15 is 0 Å². The third-order valence-corrected chi connectivity index (χ3v) is 8.40. The first-order valence-corrected chi connectivity index (χ1v) is 13.8. The van der Waals surface area contributed by atoms with E-state index < -0.39 is 29.2 Å². The van der Waals surface area contributed by atoms with Crippen LogP contribution in [0.2, 0.25) is 0 Å². The van der Waals surface area contributed by atoms with Gasteiger partial charge in [-0.05, 0) is 98.1 Å². The monoisotopic (exact) mass is 538 g/mol. The fourth-order valence-electron chi connectivity index (χ4n) is 6.29. The maximum Gasteiger partial charge on any atom is 0.409 e. The smallest absolute Gasteiger partial charge is 0.409 e. The van der Waals surface area contributed by atoms with Crippen molar-refractivity contribution in [1.29, 1.82) is 0 Å². The summed E-state index contributed by atoms with van der Waals surface area (Å²) in [6.07, 6.45) is 8.15. The Morgan fingerprint density at radius 2 is 1.37 bits per heavy atom. The minimum atomic E-state index is -4.70. The highest BCUT2D eigenvalue weighted by molar-refractivity contribution is 5.68. The normalized spacial score (nSPS) is 24.6. The lowest BCUT2D eigenvalue weighted by Crippen LogP contribution is -2.27. The SMILES string of the molecule is CCCC1CCC(C2CCC(COc3ccc(-c4cc(F)c(C=CC(F)(F)F)c(F)c4)c(F)c3)CC2)CC1. The summed E-state index contributed by atoms with van der Waals surface area (Å²) in [7, 11) is 0. The van der Waals surface area contributed by atoms with Crippen LogP contribution >= 0.6 is 0 Å². The topological polar surface area (TPSA) is 9.23 Å². The molecule has 0 aromatic heterocycles. The summed E-state index contributed by atoms with van der Waals surface area (Å²) in [5.74, 6) is 0.222. The quantitative estimate of drug-likeness (QED) is 0.304. The number of benzene rings is 2. The van der Waals surface area contributed by atoms with Gasteiger partial charge in [0.25, 0.3) is 0 Å². The Balaban J connectivity index is 1.30. The Morgan fingerprint density at radius 1 is 0.789 bits per heavy atom. The van der Waals surface area contributed by atoms with Crippen molar-refractivity contribution in [3.8, 4) is 16.9 Å². The summed E-state index contributed by atoms with van der Waals surface area (Å²) in [4.78, 5) is 0. The zero-order valence-corrected chi connectivity index (χ0v) is 21.8. The van der Waals surface area contributed by atoms with Crippen molar-refractivity contribution < 1.29 is 31.1 Å². The average Bonchev–Trinajstić information content (AvgIpc) is 2.87. The molecular weight excluding hydrogens is 502 g/mol. The van der Waals surface area contributed by atoms with Crippen LogP contribution in [0.3, 0.4) is 0 Å². The molecule has 0 bridgehead atoms. The summed E-state index contributed by atoms with van der Waals surface area (Å²) < 4.78 is 86.3. The second kappa shape index (κ2) is 12.6. The predicted molar refractivity (Wildman–Crippen MR) is 138 cm³/mol. The van der Waals surface area contributed by atoms with E-state index in [0.29, 0.717) is 24.4 Å². The standard InChI is InChI=1S/C31H36F6O/c1-2-3-20-4-8-22(9-5-20)23-10-6-21(7-11-23)19-38-25-12-13-26(30(34)18-25)24-16-28(32)27(29(33)17-24)14-15-31(35,36)37/h12-18,20-23H,2-11,19H2,1H3. The Morgan fingerprint density at radius 3 is 1.89 bits per heavy atom. The second-order valence-electron chi connectivity index (χ2n) is 11.0. The molecule has 38 heavy (non-hydrogen) atoms. The summed E-state index contributed by atoms with van der Waals surface area (Å²) in [6.45, 7) is 2.77. The maximum absolute atomic E-state index is 14.8. The molecule has 208 valence electrons. The average molecular weight is 539 g/mol. The highest BCUT2D eigenvalue weighted by Crippen LogP contribution is 2.42. The van der Waals surface area contributed by atoms with Gasteiger partial charge < -0.3 is 4.74 Å². The lowest BCUT2D eigenvalue weighted by atomic mass is 9.69. The molecule has 2 aromatic carbocycles. The number of alkyl halides is 3. The fourth-order valence-corrected chi connectivity index (χ4v) is 6.29. The van der Waals surface area contributed by atoms with Gasteiger partial charge in [0, 0.05) is 23.3 Å². The van der Waals surface area contributed by atoms with E-state index in [0.717, 1.165) is 42.7 Å². The Bertz CT molecular complexity index is 1070. The lowest BCUT2D eigenvalue weighted by molar-refractivity contribution is -0.0790. The summed E-state index contributed by atoms with van der Waals surface area (Å²) in [5.41, 5.74) is -0.990. The molecule has 2 aromatic rings. The van der Waals surface area contributed by atoms with Gasteiger partial charge in [0.1, 0.15) is 23.2 Å². The van der Waals surface area contributed by atoms with Gasteiger partial charge >= 0.3 is 6.18 Å². The molecule has 0 aliphatic heterocycles. The molecule has 0 radical (unpaired) electrons. The molecule has 2 aliphatic carbocycles. The van der Waals surface area contributed by atoms with Crippen molar-refractivity contribution in [3.05, 3.63) is 59.4 Å². The van der Waals surface area contributed by atoms with Gasteiger partial charge in [-0.3, -0.25) is 0 Å². The molecule has 0 unspecified atom stereocenters. The van der Waals surface area contributed by atoms with E-state index in [9.17, 15) is 26.3 Å². The van der Waals surface area contributed by atoms with Crippen LogP contribution in [-0.2, 0) is 0 Å². The molecule has 0 amide bonds. The van der Waals surface area contributed by atoms with Gasteiger partial charge in [-0.1, -0.05) is 32.6 Å². The predicted octanol–water partition coefficient (Wildman–Crippen LogP) is 10.1. The zero-order valence-electron chi connectivity index (χ0n) is 21.8. The molecule has 0 N–H and O–H groups in total. The van der Waals surface area contributed by atoms with Crippen LogP contribution in [0.5, 0.6) is 5.75 Å². The first-order chi connectivity index (χ1) is 18.1. The second-order valence-corrected chi connectivity index (χ2v) is 11.0. The number of rotatable bonds is 8. The fraction of sp³-hybridized carbons (Fsp3) is 0.548. The van der Waals surface area contributed by atoms with Crippen LogP contribution in [0.25, 0.3) is 17.2 Å². The summed E-state index contributed by atoms with van der Waals surface area (Å²) in [6, 6.07) is 5.75.